The third-order valence-corrected chi connectivity index (χ3v) is 3.10. The van der Waals surface area contributed by atoms with E-state index in [9.17, 15) is 4.79 Å². The fourth-order valence-electron chi connectivity index (χ4n) is 1.75. The summed E-state index contributed by atoms with van der Waals surface area (Å²) in [5.74, 6) is 0.861. The summed E-state index contributed by atoms with van der Waals surface area (Å²) in [5, 5.41) is 0. The van der Waals surface area contributed by atoms with Gasteiger partial charge in [-0.2, -0.15) is 4.57 Å². The van der Waals surface area contributed by atoms with Crippen molar-refractivity contribution in [3.63, 3.8) is 0 Å². The Labute approximate surface area is 121 Å². The van der Waals surface area contributed by atoms with Crippen molar-refractivity contribution in [1.82, 2.24) is 0 Å². The molecule has 3 nitrogen and oxygen atoms in total. The van der Waals surface area contributed by atoms with Crippen LogP contribution in [0.3, 0.4) is 0 Å². The highest BCUT2D eigenvalue weighted by Gasteiger charge is 2.12. The third-order valence-electron chi connectivity index (χ3n) is 2.64. The number of pyridine rings is 1. The zero-order chi connectivity index (χ0) is 13.7. The van der Waals surface area contributed by atoms with Crippen molar-refractivity contribution >= 4 is 21.7 Å². The van der Waals surface area contributed by atoms with E-state index in [4.69, 9.17) is 4.74 Å². The van der Waals surface area contributed by atoms with Crippen molar-refractivity contribution in [2.45, 2.75) is 13.5 Å². The third kappa shape index (κ3) is 3.89. The molecule has 2 aromatic rings. The number of aromatic nitrogens is 1. The highest BCUT2D eigenvalue weighted by molar-refractivity contribution is 9.10. The Morgan fingerprint density at radius 3 is 2.63 bits per heavy atom. The number of hydrogen-bond acceptors (Lipinski definition) is 2. The first kappa shape index (κ1) is 13.7. The van der Waals surface area contributed by atoms with Crippen LogP contribution in [0.4, 0.5) is 0 Å². The summed E-state index contributed by atoms with van der Waals surface area (Å²) in [6, 6.07) is 11.1. The minimum Gasteiger partial charge on any atom is -0.494 e. The smallest absolute Gasteiger partial charge is 0.227 e. The number of halogens is 1. The lowest BCUT2D eigenvalue weighted by atomic mass is 10.1. The number of ketones is 1. The van der Waals surface area contributed by atoms with Crippen LogP contribution in [0, 0.1) is 0 Å². The molecule has 0 saturated carbocycles. The zero-order valence-electron chi connectivity index (χ0n) is 10.7. The molecule has 0 amide bonds. The van der Waals surface area contributed by atoms with Gasteiger partial charge >= 0.3 is 0 Å². The lowest BCUT2D eigenvalue weighted by Crippen LogP contribution is -2.37. The van der Waals surface area contributed by atoms with Gasteiger partial charge in [-0.05, 0) is 53.2 Å². The van der Waals surface area contributed by atoms with E-state index in [1.807, 2.05) is 48.1 Å². The van der Waals surface area contributed by atoms with E-state index in [1.165, 1.54) is 0 Å². The van der Waals surface area contributed by atoms with Gasteiger partial charge in [0.1, 0.15) is 5.75 Å². The first-order valence-electron chi connectivity index (χ1n) is 6.09. The molecule has 0 spiro atoms. The average molecular weight is 321 g/mol. The first-order valence-corrected chi connectivity index (χ1v) is 6.89. The maximum atomic E-state index is 12.1. The van der Waals surface area contributed by atoms with E-state index in [-0.39, 0.29) is 5.78 Å². The fraction of sp³-hybridized carbons (Fsp3) is 0.200. The molecule has 1 aromatic carbocycles. The molecule has 98 valence electrons. The van der Waals surface area contributed by atoms with Gasteiger partial charge in [-0.3, -0.25) is 4.79 Å². The molecule has 0 aliphatic heterocycles. The average Bonchev–Trinajstić information content (AvgIpc) is 2.40. The molecule has 0 N–H and O–H groups in total. The van der Waals surface area contributed by atoms with E-state index >= 15 is 0 Å². The molecular weight excluding hydrogens is 306 g/mol. The zero-order valence-corrected chi connectivity index (χ0v) is 12.3. The van der Waals surface area contributed by atoms with E-state index in [2.05, 4.69) is 15.9 Å². The van der Waals surface area contributed by atoms with Crippen LogP contribution in [0.5, 0.6) is 5.75 Å². The Morgan fingerprint density at radius 2 is 2.00 bits per heavy atom. The largest absolute Gasteiger partial charge is 0.494 e. The Balaban J connectivity index is 2.07. The van der Waals surface area contributed by atoms with Crippen molar-refractivity contribution in [3.8, 4) is 5.75 Å². The van der Waals surface area contributed by atoms with Crippen molar-refractivity contribution < 1.29 is 14.1 Å². The molecule has 19 heavy (non-hydrogen) atoms. The molecule has 0 radical (unpaired) electrons. The van der Waals surface area contributed by atoms with Crippen LogP contribution in [-0.4, -0.2) is 12.4 Å². The number of carbonyl (C=O) groups is 1. The normalized spacial score (nSPS) is 10.2. The number of nitrogens with zero attached hydrogens (tertiary/aromatic N) is 1. The SMILES string of the molecule is CCOc1ccc(C(=O)C[n+]2cccc(Br)c2)cc1. The lowest BCUT2D eigenvalue weighted by molar-refractivity contribution is -0.683. The van der Waals surface area contributed by atoms with Crippen LogP contribution in [0.25, 0.3) is 0 Å². The highest BCUT2D eigenvalue weighted by Crippen LogP contribution is 2.12. The molecule has 0 bridgehead atoms. The number of ether oxygens (including phenoxy) is 1. The van der Waals surface area contributed by atoms with Crippen LogP contribution in [0.15, 0.2) is 53.3 Å². The molecule has 0 unspecified atom stereocenters. The first-order chi connectivity index (χ1) is 9.19. The number of Topliss-reactive ketones (excluding diaryl/α,β-unsaturated/α-hetero) is 1. The molecule has 1 heterocycles. The highest BCUT2D eigenvalue weighted by atomic mass is 79.9. The van der Waals surface area contributed by atoms with Gasteiger partial charge in [-0.1, -0.05) is 0 Å². The van der Waals surface area contributed by atoms with E-state index in [1.54, 1.807) is 12.1 Å². The van der Waals surface area contributed by atoms with E-state index in [0.717, 1.165) is 10.2 Å². The van der Waals surface area contributed by atoms with Gasteiger partial charge in [-0.15, -0.1) is 0 Å². The molecule has 4 heteroatoms. The number of benzene rings is 1. The Hall–Kier alpha value is -1.68. The lowest BCUT2D eigenvalue weighted by Gasteiger charge is -2.03. The minimum atomic E-state index is 0.0751. The van der Waals surface area contributed by atoms with Crippen LogP contribution >= 0.6 is 15.9 Å². The summed E-state index contributed by atoms with van der Waals surface area (Å²) in [5.41, 5.74) is 0.691. The second-order valence-electron chi connectivity index (χ2n) is 4.08. The van der Waals surface area contributed by atoms with Crippen LogP contribution in [0.1, 0.15) is 17.3 Å². The molecule has 0 aliphatic rings. The van der Waals surface area contributed by atoms with Gasteiger partial charge < -0.3 is 4.74 Å². The number of hydrogen-bond donors (Lipinski definition) is 0. The van der Waals surface area contributed by atoms with Crippen molar-refractivity contribution in [2.75, 3.05) is 6.61 Å². The number of rotatable bonds is 5. The molecule has 0 saturated heterocycles. The Kier molecular flexibility index (Phi) is 4.68. The standard InChI is InChI=1S/C15H15BrNO2/c1-2-19-14-7-5-12(6-8-14)15(18)11-17-9-3-4-13(16)10-17/h3-10H,2,11H2,1H3/q+1. The second-order valence-corrected chi connectivity index (χ2v) is 4.99. The van der Waals surface area contributed by atoms with Gasteiger partial charge in [0.05, 0.1) is 11.1 Å². The fourth-order valence-corrected chi connectivity index (χ4v) is 2.16. The van der Waals surface area contributed by atoms with Gasteiger partial charge in [0, 0.05) is 11.6 Å². The maximum absolute atomic E-state index is 12.1. The van der Waals surface area contributed by atoms with Crippen LogP contribution < -0.4 is 9.30 Å². The quantitative estimate of drug-likeness (QED) is 0.626. The molecule has 0 atom stereocenters. The predicted molar refractivity (Wildman–Crippen MR) is 76.3 cm³/mol. The summed E-state index contributed by atoms with van der Waals surface area (Å²) in [7, 11) is 0. The molecule has 1 aromatic heterocycles. The Morgan fingerprint density at radius 1 is 1.26 bits per heavy atom. The van der Waals surface area contributed by atoms with Gasteiger partial charge in [0.15, 0.2) is 12.4 Å². The number of carbonyl (C=O) groups excluding carboxylic acids is 1. The predicted octanol–water partition coefficient (Wildman–Crippen LogP) is 3.02. The van der Waals surface area contributed by atoms with Gasteiger partial charge in [0.2, 0.25) is 12.3 Å². The van der Waals surface area contributed by atoms with E-state index < -0.39 is 0 Å². The Bertz CT molecular complexity index is 567. The van der Waals surface area contributed by atoms with Crippen molar-refractivity contribution in [2.24, 2.45) is 0 Å². The molecular formula is C15H15BrNO2+. The molecule has 2 rings (SSSR count). The van der Waals surface area contributed by atoms with E-state index in [0.29, 0.717) is 18.7 Å². The molecule has 0 fully saturated rings. The minimum absolute atomic E-state index is 0.0751. The summed E-state index contributed by atoms with van der Waals surface area (Å²) in [6.07, 6.45) is 3.75. The van der Waals surface area contributed by atoms with Crippen molar-refractivity contribution in [1.29, 1.82) is 0 Å². The summed E-state index contributed by atoms with van der Waals surface area (Å²) in [4.78, 5) is 12.1. The molecule has 0 aliphatic carbocycles. The topological polar surface area (TPSA) is 30.2 Å². The van der Waals surface area contributed by atoms with Crippen LogP contribution in [0.2, 0.25) is 0 Å². The summed E-state index contributed by atoms with van der Waals surface area (Å²) >= 11 is 3.39. The maximum Gasteiger partial charge on any atom is 0.227 e. The monoisotopic (exact) mass is 320 g/mol. The summed E-state index contributed by atoms with van der Waals surface area (Å²) < 4.78 is 8.16. The van der Waals surface area contributed by atoms with Gasteiger partial charge in [-0.25, -0.2) is 0 Å². The summed E-state index contributed by atoms with van der Waals surface area (Å²) in [6.45, 7) is 2.89. The van der Waals surface area contributed by atoms with Crippen LogP contribution in [-0.2, 0) is 6.54 Å². The second kappa shape index (κ2) is 6.48. The van der Waals surface area contributed by atoms with Crippen molar-refractivity contribution in [3.05, 3.63) is 58.8 Å². The van der Waals surface area contributed by atoms with Gasteiger partial charge in [0.25, 0.3) is 0 Å².